The molecule has 2 aromatic rings. The Bertz CT molecular complexity index is 789. The summed E-state index contributed by atoms with van der Waals surface area (Å²) >= 11 is 0. The van der Waals surface area contributed by atoms with Gasteiger partial charge in [0.05, 0.1) is 6.61 Å². The molecule has 1 aliphatic rings. The van der Waals surface area contributed by atoms with Crippen molar-refractivity contribution in [3.63, 3.8) is 0 Å². The molecule has 1 aliphatic heterocycles. The zero-order valence-electron chi connectivity index (χ0n) is 14.4. The maximum atomic E-state index is 12.4. The highest BCUT2D eigenvalue weighted by molar-refractivity contribution is 6.05. The van der Waals surface area contributed by atoms with Gasteiger partial charge in [0.25, 0.3) is 11.8 Å². The number of hydrogen-bond acceptors (Lipinski definition) is 5. The van der Waals surface area contributed by atoms with Crippen molar-refractivity contribution in [2.45, 2.75) is 0 Å². The third kappa shape index (κ3) is 4.31. The standard InChI is InChI=1S/C19H20N2O5/c1-24-9-8-20-18(22)13-2-4-14(5-3-13)19(23)21-15-6-7-16-17(12-15)26-11-10-25-16/h2-7,12H,8-11H2,1H3,(H,20,22)(H,21,23). The highest BCUT2D eigenvalue weighted by atomic mass is 16.6. The molecule has 136 valence electrons. The molecule has 7 heteroatoms. The molecule has 0 atom stereocenters. The fourth-order valence-electron chi connectivity index (χ4n) is 2.47. The first-order valence-electron chi connectivity index (χ1n) is 8.25. The van der Waals surface area contributed by atoms with Crippen LogP contribution in [0, 0.1) is 0 Å². The van der Waals surface area contributed by atoms with E-state index < -0.39 is 0 Å². The van der Waals surface area contributed by atoms with E-state index >= 15 is 0 Å². The summed E-state index contributed by atoms with van der Waals surface area (Å²) in [6, 6.07) is 11.7. The first-order chi connectivity index (χ1) is 12.7. The van der Waals surface area contributed by atoms with Gasteiger partial charge in [0, 0.05) is 36.5 Å². The highest BCUT2D eigenvalue weighted by Gasteiger charge is 2.14. The first kappa shape index (κ1) is 17.8. The van der Waals surface area contributed by atoms with Crippen LogP contribution in [0.2, 0.25) is 0 Å². The summed E-state index contributed by atoms with van der Waals surface area (Å²) in [5.41, 5.74) is 1.55. The van der Waals surface area contributed by atoms with Crippen LogP contribution in [-0.4, -0.2) is 45.3 Å². The van der Waals surface area contributed by atoms with Crippen LogP contribution >= 0.6 is 0 Å². The van der Waals surface area contributed by atoms with Crippen LogP contribution in [0.25, 0.3) is 0 Å². The number of anilines is 1. The fraction of sp³-hybridized carbons (Fsp3) is 0.263. The van der Waals surface area contributed by atoms with Crippen LogP contribution in [0.4, 0.5) is 5.69 Å². The van der Waals surface area contributed by atoms with Gasteiger partial charge in [-0.3, -0.25) is 9.59 Å². The topological polar surface area (TPSA) is 85.9 Å². The van der Waals surface area contributed by atoms with E-state index in [9.17, 15) is 9.59 Å². The average Bonchev–Trinajstić information content (AvgIpc) is 2.68. The first-order valence-corrected chi connectivity index (χ1v) is 8.25. The molecule has 2 aromatic carbocycles. The van der Waals surface area contributed by atoms with Crippen LogP contribution in [0.3, 0.4) is 0 Å². The van der Waals surface area contributed by atoms with E-state index in [0.29, 0.717) is 54.7 Å². The molecule has 3 rings (SSSR count). The Morgan fingerprint density at radius 2 is 1.62 bits per heavy atom. The number of methoxy groups -OCH3 is 1. The van der Waals surface area contributed by atoms with Gasteiger partial charge >= 0.3 is 0 Å². The number of hydrogen-bond donors (Lipinski definition) is 2. The molecule has 0 saturated carbocycles. The predicted octanol–water partition coefficient (Wildman–Crippen LogP) is 2.09. The number of rotatable bonds is 6. The highest BCUT2D eigenvalue weighted by Crippen LogP contribution is 2.32. The number of carbonyl (C=O) groups is 2. The molecular weight excluding hydrogens is 336 g/mol. The molecule has 0 spiro atoms. The van der Waals surface area contributed by atoms with Crippen LogP contribution in [0.15, 0.2) is 42.5 Å². The Kier molecular flexibility index (Phi) is 5.70. The number of carbonyl (C=O) groups excluding carboxylic acids is 2. The second-order valence-electron chi connectivity index (χ2n) is 5.64. The summed E-state index contributed by atoms with van der Waals surface area (Å²) in [4.78, 5) is 24.3. The number of amides is 2. The lowest BCUT2D eigenvalue weighted by molar-refractivity contribution is 0.0935. The lowest BCUT2D eigenvalue weighted by Crippen LogP contribution is -2.27. The van der Waals surface area contributed by atoms with Crippen molar-refractivity contribution in [2.75, 3.05) is 38.8 Å². The molecule has 0 saturated heterocycles. The smallest absolute Gasteiger partial charge is 0.255 e. The van der Waals surface area contributed by atoms with E-state index in [0.717, 1.165) is 0 Å². The molecule has 0 unspecified atom stereocenters. The second-order valence-corrected chi connectivity index (χ2v) is 5.64. The Morgan fingerprint density at radius 1 is 0.962 bits per heavy atom. The van der Waals surface area contributed by atoms with Crippen LogP contribution < -0.4 is 20.1 Å². The second kappa shape index (κ2) is 8.35. The van der Waals surface area contributed by atoms with Crippen LogP contribution in [0.1, 0.15) is 20.7 Å². The van der Waals surface area contributed by atoms with Gasteiger partial charge in [0.1, 0.15) is 13.2 Å². The molecule has 0 fully saturated rings. The number of ether oxygens (including phenoxy) is 3. The summed E-state index contributed by atoms with van der Waals surface area (Å²) in [6.07, 6.45) is 0. The predicted molar refractivity (Wildman–Crippen MR) is 96.0 cm³/mol. The van der Waals surface area contributed by atoms with Crippen molar-refractivity contribution < 1.29 is 23.8 Å². The van der Waals surface area contributed by atoms with E-state index in [-0.39, 0.29) is 11.8 Å². The molecule has 0 bridgehead atoms. The minimum absolute atomic E-state index is 0.208. The normalized spacial score (nSPS) is 12.3. The Morgan fingerprint density at radius 3 is 2.31 bits per heavy atom. The third-order valence-corrected chi connectivity index (χ3v) is 3.80. The van der Waals surface area contributed by atoms with Gasteiger partial charge in [-0.2, -0.15) is 0 Å². The maximum absolute atomic E-state index is 12.4. The van der Waals surface area contributed by atoms with Gasteiger partial charge in [0.15, 0.2) is 11.5 Å². The molecule has 2 amide bonds. The molecule has 0 aromatic heterocycles. The van der Waals surface area contributed by atoms with Crippen molar-refractivity contribution in [1.82, 2.24) is 5.32 Å². The summed E-state index contributed by atoms with van der Waals surface area (Å²) in [7, 11) is 1.57. The van der Waals surface area contributed by atoms with Crippen molar-refractivity contribution in [3.8, 4) is 11.5 Å². The Labute approximate surface area is 151 Å². The molecule has 7 nitrogen and oxygen atoms in total. The van der Waals surface area contributed by atoms with Crippen molar-refractivity contribution in [3.05, 3.63) is 53.6 Å². The molecule has 1 heterocycles. The van der Waals surface area contributed by atoms with Gasteiger partial charge in [-0.05, 0) is 36.4 Å². The van der Waals surface area contributed by atoms with Gasteiger partial charge in [0.2, 0.25) is 0 Å². The van der Waals surface area contributed by atoms with E-state index in [1.54, 1.807) is 49.6 Å². The number of fused-ring (bicyclic) bond motifs is 1. The van der Waals surface area contributed by atoms with E-state index in [4.69, 9.17) is 14.2 Å². The third-order valence-electron chi connectivity index (χ3n) is 3.80. The molecule has 0 aliphatic carbocycles. The summed E-state index contributed by atoms with van der Waals surface area (Å²) in [6.45, 7) is 1.88. The SMILES string of the molecule is COCCNC(=O)c1ccc(C(=O)Nc2ccc3c(c2)OCCO3)cc1. The van der Waals surface area contributed by atoms with E-state index in [1.807, 2.05) is 0 Å². The minimum atomic E-state index is -0.270. The minimum Gasteiger partial charge on any atom is -0.486 e. The van der Waals surface area contributed by atoms with E-state index in [1.165, 1.54) is 0 Å². The lowest BCUT2D eigenvalue weighted by Gasteiger charge is -2.19. The molecular formula is C19H20N2O5. The summed E-state index contributed by atoms with van der Waals surface area (Å²) in [5, 5.41) is 5.53. The van der Waals surface area contributed by atoms with Crippen LogP contribution in [0.5, 0.6) is 11.5 Å². The van der Waals surface area contributed by atoms with Gasteiger partial charge in [-0.15, -0.1) is 0 Å². The molecule has 2 N–H and O–H groups in total. The Hall–Kier alpha value is -3.06. The number of nitrogens with one attached hydrogen (secondary N) is 2. The fourth-order valence-corrected chi connectivity index (χ4v) is 2.47. The van der Waals surface area contributed by atoms with Gasteiger partial charge < -0.3 is 24.8 Å². The monoisotopic (exact) mass is 356 g/mol. The van der Waals surface area contributed by atoms with Crippen molar-refractivity contribution in [1.29, 1.82) is 0 Å². The van der Waals surface area contributed by atoms with E-state index in [2.05, 4.69) is 10.6 Å². The van der Waals surface area contributed by atoms with Gasteiger partial charge in [-0.25, -0.2) is 0 Å². The quantitative estimate of drug-likeness (QED) is 0.774. The molecule has 26 heavy (non-hydrogen) atoms. The lowest BCUT2D eigenvalue weighted by atomic mass is 10.1. The summed E-state index contributed by atoms with van der Waals surface area (Å²) in [5.74, 6) is 0.795. The number of benzene rings is 2. The average molecular weight is 356 g/mol. The van der Waals surface area contributed by atoms with Gasteiger partial charge in [-0.1, -0.05) is 0 Å². The Balaban J connectivity index is 1.62. The molecule has 0 radical (unpaired) electrons. The zero-order chi connectivity index (χ0) is 18.4. The zero-order valence-corrected chi connectivity index (χ0v) is 14.4. The van der Waals surface area contributed by atoms with Crippen LogP contribution in [-0.2, 0) is 4.74 Å². The van der Waals surface area contributed by atoms with Crippen molar-refractivity contribution in [2.24, 2.45) is 0 Å². The summed E-state index contributed by atoms with van der Waals surface area (Å²) < 4.78 is 15.8. The largest absolute Gasteiger partial charge is 0.486 e. The van der Waals surface area contributed by atoms with Crippen molar-refractivity contribution >= 4 is 17.5 Å². The maximum Gasteiger partial charge on any atom is 0.255 e.